The number of carboxylic acids is 1. The number of carboxylic acid groups (broad SMARTS) is 1. The Kier molecular flexibility index (Phi) is 3.01. The van der Waals surface area contributed by atoms with Crippen LogP contribution in [-0.4, -0.2) is 28.6 Å². The lowest BCUT2D eigenvalue weighted by molar-refractivity contribution is 0.0701. The molecule has 2 fully saturated rings. The van der Waals surface area contributed by atoms with Gasteiger partial charge >= 0.3 is 5.97 Å². The molecule has 0 amide bonds. The number of aryl methyl sites for hydroxylation is 1. The summed E-state index contributed by atoms with van der Waals surface area (Å²) < 4.78 is 0. The van der Waals surface area contributed by atoms with Gasteiger partial charge in [-0.1, -0.05) is 24.2 Å². The summed E-state index contributed by atoms with van der Waals surface area (Å²) in [6.45, 7) is 2.83. The van der Waals surface area contributed by atoms with Gasteiger partial charge < -0.3 is 10.0 Å². The van der Waals surface area contributed by atoms with E-state index in [2.05, 4.69) is 9.88 Å². The van der Waals surface area contributed by atoms with Crippen molar-refractivity contribution in [1.82, 2.24) is 4.98 Å². The topological polar surface area (TPSA) is 53.4 Å². The number of thiazole rings is 1. The lowest BCUT2D eigenvalue weighted by Crippen LogP contribution is -2.34. The number of fused-ring (bicyclic) bond motifs is 1. The fourth-order valence-corrected chi connectivity index (χ4v) is 4.34. The molecule has 2 unspecified atom stereocenters. The standard InChI is InChI=1S/C13H18N2O2S/c1-8-11(12(16)17)18-13(14-8)15-7-6-9-4-2-3-5-10(9)15/h9-10H,2-7H2,1H3,(H,16,17). The van der Waals surface area contributed by atoms with Crippen LogP contribution in [0.5, 0.6) is 0 Å². The lowest BCUT2D eigenvalue weighted by atomic mass is 9.85. The van der Waals surface area contributed by atoms with Gasteiger partial charge in [0, 0.05) is 12.6 Å². The van der Waals surface area contributed by atoms with Gasteiger partial charge in [-0.05, 0) is 32.1 Å². The third kappa shape index (κ3) is 1.90. The van der Waals surface area contributed by atoms with Crippen LogP contribution in [0.4, 0.5) is 5.13 Å². The largest absolute Gasteiger partial charge is 0.477 e. The molecular weight excluding hydrogens is 248 g/mol. The van der Waals surface area contributed by atoms with Gasteiger partial charge in [-0.15, -0.1) is 0 Å². The van der Waals surface area contributed by atoms with E-state index in [1.807, 2.05) is 0 Å². The molecule has 2 aliphatic rings. The smallest absolute Gasteiger partial charge is 0.347 e. The van der Waals surface area contributed by atoms with E-state index in [0.717, 1.165) is 17.6 Å². The third-order valence-electron chi connectivity index (χ3n) is 4.24. The number of anilines is 1. The van der Waals surface area contributed by atoms with E-state index >= 15 is 0 Å². The molecule has 0 radical (unpaired) electrons. The third-order valence-corrected chi connectivity index (χ3v) is 5.42. The number of rotatable bonds is 2. The first kappa shape index (κ1) is 12.0. The lowest BCUT2D eigenvalue weighted by Gasteiger charge is -2.31. The number of nitrogens with zero attached hydrogens (tertiary/aromatic N) is 2. The first-order valence-corrected chi connectivity index (χ1v) is 7.46. The highest BCUT2D eigenvalue weighted by atomic mass is 32.1. The molecule has 98 valence electrons. The summed E-state index contributed by atoms with van der Waals surface area (Å²) in [5.41, 5.74) is 0.654. The number of aromatic nitrogens is 1. The Balaban J connectivity index is 1.86. The van der Waals surface area contributed by atoms with Gasteiger partial charge in [-0.25, -0.2) is 9.78 Å². The van der Waals surface area contributed by atoms with Gasteiger partial charge in [-0.2, -0.15) is 0 Å². The van der Waals surface area contributed by atoms with Gasteiger partial charge in [0.2, 0.25) is 0 Å². The highest BCUT2D eigenvalue weighted by molar-refractivity contribution is 7.17. The molecule has 4 nitrogen and oxygen atoms in total. The molecule has 1 N–H and O–H groups in total. The van der Waals surface area contributed by atoms with E-state index in [1.54, 1.807) is 6.92 Å². The van der Waals surface area contributed by atoms with E-state index in [-0.39, 0.29) is 0 Å². The molecule has 1 aromatic rings. The van der Waals surface area contributed by atoms with E-state index in [0.29, 0.717) is 16.6 Å². The summed E-state index contributed by atoms with van der Waals surface area (Å²) in [7, 11) is 0. The normalized spacial score (nSPS) is 27.3. The second-order valence-electron chi connectivity index (χ2n) is 5.31. The van der Waals surface area contributed by atoms with Gasteiger partial charge in [0.15, 0.2) is 5.13 Å². The number of hydrogen-bond donors (Lipinski definition) is 1. The van der Waals surface area contributed by atoms with Gasteiger partial charge in [0.25, 0.3) is 0 Å². The predicted octanol–water partition coefficient (Wildman–Crippen LogP) is 2.92. The molecule has 1 saturated heterocycles. The molecule has 0 aromatic carbocycles. The molecule has 0 spiro atoms. The van der Waals surface area contributed by atoms with Crippen LogP contribution in [0.2, 0.25) is 0 Å². The Bertz CT molecular complexity index is 472. The summed E-state index contributed by atoms with van der Waals surface area (Å²) in [6.07, 6.45) is 6.47. The molecule has 1 aromatic heterocycles. The monoisotopic (exact) mass is 266 g/mol. The van der Waals surface area contributed by atoms with Gasteiger partial charge in [-0.3, -0.25) is 0 Å². The van der Waals surface area contributed by atoms with Gasteiger partial charge in [0.1, 0.15) is 4.88 Å². The summed E-state index contributed by atoms with van der Waals surface area (Å²) in [5.74, 6) is -0.0492. The van der Waals surface area contributed by atoms with Crippen molar-refractivity contribution < 1.29 is 9.90 Å². The second-order valence-corrected chi connectivity index (χ2v) is 6.29. The Morgan fingerprint density at radius 1 is 1.39 bits per heavy atom. The van der Waals surface area contributed by atoms with Crippen LogP contribution in [0.25, 0.3) is 0 Å². The fraction of sp³-hybridized carbons (Fsp3) is 0.692. The molecule has 18 heavy (non-hydrogen) atoms. The van der Waals surface area contributed by atoms with Crippen LogP contribution in [0.15, 0.2) is 0 Å². The minimum Gasteiger partial charge on any atom is -0.477 e. The summed E-state index contributed by atoms with van der Waals surface area (Å²) in [6, 6.07) is 0.603. The molecule has 5 heteroatoms. The maximum Gasteiger partial charge on any atom is 0.347 e. The van der Waals surface area contributed by atoms with Crippen molar-refractivity contribution in [3.8, 4) is 0 Å². The second kappa shape index (κ2) is 4.53. The molecule has 1 saturated carbocycles. The molecule has 3 rings (SSSR count). The average molecular weight is 266 g/mol. The average Bonchev–Trinajstić information content (AvgIpc) is 2.92. The predicted molar refractivity (Wildman–Crippen MR) is 71.5 cm³/mol. The van der Waals surface area contributed by atoms with Crippen molar-refractivity contribution in [2.75, 3.05) is 11.4 Å². The SMILES string of the molecule is Cc1nc(N2CCC3CCCCC32)sc1C(=O)O. The van der Waals surface area contributed by atoms with Crippen molar-refractivity contribution in [2.45, 2.75) is 45.1 Å². The van der Waals surface area contributed by atoms with Crippen LogP contribution in [0.1, 0.15) is 47.5 Å². The van der Waals surface area contributed by atoms with Crippen LogP contribution in [0.3, 0.4) is 0 Å². The Morgan fingerprint density at radius 3 is 2.89 bits per heavy atom. The maximum absolute atomic E-state index is 11.1. The van der Waals surface area contributed by atoms with Crippen LogP contribution in [0, 0.1) is 12.8 Å². The van der Waals surface area contributed by atoms with Crippen molar-refractivity contribution in [2.24, 2.45) is 5.92 Å². The molecular formula is C13H18N2O2S. The van der Waals surface area contributed by atoms with E-state index in [9.17, 15) is 4.79 Å². The van der Waals surface area contributed by atoms with Crippen LogP contribution in [-0.2, 0) is 0 Å². The quantitative estimate of drug-likeness (QED) is 0.894. The Labute approximate surface area is 111 Å². The highest BCUT2D eigenvalue weighted by Gasteiger charge is 2.37. The zero-order chi connectivity index (χ0) is 12.7. The van der Waals surface area contributed by atoms with Crippen molar-refractivity contribution in [3.63, 3.8) is 0 Å². The zero-order valence-corrected chi connectivity index (χ0v) is 11.4. The number of hydrogen-bond acceptors (Lipinski definition) is 4. The van der Waals surface area contributed by atoms with E-state index in [1.165, 1.54) is 43.4 Å². The number of carbonyl (C=O) groups is 1. The van der Waals surface area contributed by atoms with E-state index < -0.39 is 5.97 Å². The first-order chi connectivity index (χ1) is 8.66. The van der Waals surface area contributed by atoms with Crippen molar-refractivity contribution in [1.29, 1.82) is 0 Å². The van der Waals surface area contributed by atoms with Crippen LogP contribution >= 0.6 is 11.3 Å². The zero-order valence-electron chi connectivity index (χ0n) is 10.6. The minimum absolute atomic E-state index is 0.393. The molecule has 2 heterocycles. The summed E-state index contributed by atoms with van der Waals surface area (Å²) >= 11 is 1.34. The van der Waals surface area contributed by atoms with E-state index in [4.69, 9.17) is 5.11 Å². The molecule has 2 atom stereocenters. The summed E-state index contributed by atoms with van der Waals surface area (Å²) in [5, 5.41) is 10.0. The number of aromatic carboxylic acids is 1. The minimum atomic E-state index is -0.851. The van der Waals surface area contributed by atoms with Crippen molar-refractivity contribution >= 4 is 22.4 Å². The first-order valence-electron chi connectivity index (χ1n) is 6.64. The van der Waals surface area contributed by atoms with Gasteiger partial charge in [0.05, 0.1) is 5.69 Å². The molecule has 0 bridgehead atoms. The van der Waals surface area contributed by atoms with Crippen molar-refractivity contribution in [3.05, 3.63) is 10.6 Å². The highest BCUT2D eigenvalue weighted by Crippen LogP contribution is 2.40. The summed E-state index contributed by atoms with van der Waals surface area (Å²) in [4.78, 5) is 18.3. The molecule has 1 aliphatic carbocycles. The maximum atomic E-state index is 11.1. The fourth-order valence-electron chi connectivity index (χ4n) is 3.35. The Morgan fingerprint density at radius 2 is 2.17 bits per heavy atom. The Hall–Kier alpha value is -1.10. The van der Waals surface area contributed by atoms with Crippen LogP contribution < -0.4 is 4.90 Å². The molecule has 1 aliphatic heterocycles.